The first-order valence-corrected chi connectivity index (χ1v) is 7.23. The highest BCUT2D eigenvalue weighted by Crippen LogP contribution is 2.30. The first-order chi connectivity index (χ1) is 8.56. The number of benzene rings is 1. The van der Waals surface area contributed by atoms with Crippen LogP contribution in [-0.2, 0) is 0 Å². The number of nitrogens with one attached hydrogen (secondary N) is 1. The predicted molar refractivity (Wildman–Crippen MR) is 78.9 cm³/mol. The minimum Gasteiger partial charge on any atom is -0.394 e. The third-order valence-corrected chi connectivity index (χ3v) is 4.38. The molecule has 18 heavy (non-hydrogen) atoms. The van der Waals surface area contributed by atoms with Gasteiger partial charge < -0.3 is 10.4 Å². The van der Waals surface area contributed by atoms with Gasteiger partial charge in [0.05, 0.1) is 12.1 Å². The van der Waals surface area contributed by atoms with Crippen LogP contribution in [0, 0.1) is 0 Å². The topological polar surface area (TPSA) is 35.5 Å². The molecule has 0 saturated carbocycles. The third kappa shape index (κ3) is 2.87. The molecule has 1 aliphatic rings. The maximum atomic E-state index is 9.76. The Morgan fingerprint density at radius 3 is 2.72 bits per heavy atom. The second-order valence-corrected chi connectivity index (χ2v) is 6.21. The van der Waals surface area contributed by atoms with Crippen LogP contribution in [0.25, 0.3) is 0 Å². The summed E-state index contributed by atoms with van der Waals surface area (Å²) >= 11 is 3.54. The van der Waals surface area contributed by atoms with E-state index in [1.54, 1.807) is 0 Å². The molecule has 1 aliphatic heterocycles. The summed E-state index contributed by atoms with van der Waals surface area (Å²) in [4.78, 5) is 2.40. The van der Waals surface area contributed by atoms with E-state index < -0.39 is 0 Å². The molecular weight excluding hydrogens is 292 g/mol. The lowest BCUT2D eigenvalue weighted by Gasteiger charge is -2.31. The number of hydrogen-bond acceptors (Lipinski definition) is 3. The number of halogens is 1. The fourth-order valence-corrected chi connectivity index (χ4v) is 2.85. The number of aliphatic hydroxyl groups is 1. The van der Waals surface area contributed by atoms with Gasteiger partial charge in [0, 0.05) is 29.3 Å². The maximum Gasteiger partial charge on any atom is 0.0742 e. The van der Waals surface area contributed by atoms with Gasteiger partial charge in [0.25, 0.3) is 0 Å². The average molecular weight is 313 g/mol. The van der Waals surface area contributed by atoms with Crippen molar-refractivity contribution in [3.8, 4) is 0 Å². The van der Waals surface area contributed by atoms with Crippen molar-refractivity contribution in [2.75, 3.05) is 25.0 Å². The summed E-state index contributed by atoms with van der Waals surface area (Å²) in [5, 5.41) is 13.3. The summed E-state index contributed by atoms with van der Waals surface area (Å²) < 4.78 is 1.04. The number of anilines is 1. The van der Waals surface area contributed by atoms with Gasteiger partial charge in [-0.15, -0.1) is 0 Å². The van der Waals surface area contributed by atoms with E-state index in [0.29, 0.717) is 6.04 Å². The van der Waals surface area contributed by atoms with E-state index in [2.05, 4.69) is 40.0 Å². The Kier molecular flexibility index (Phi) is 4.30. The molecule has 0 radical (unpaired) electrons. The van der Waals surface area contributed by atoms with Gasteiger partial charge in [-0.25, -0.2) is 0 Å². The lowest BCUT2D eigenvalue weighted by Crippen LogP contribution is -2.45. The highest BCUT2D eigenvalue weighted by Gasteiger charge is 2.38. The van der Waals surface area contributed by atoms with Crippen LogP contribution in [0.3, 0.4) is 0 Å². The number of aliphatic hydroxyl groups excluding tert-OH is 1. The van der Waals surface area contributed by atoms with Crippen LogP contribution < -0.4 is 5.32 Å². The van der Waals surface area contributed by atoms with Gasteiger partial charge in [-0.2, -0.15) is 0 Å². The largest absolute Gasteiger partial charge is 0.394 e. The highest BCUT2D eigenvalue weighted by molar-refractivity contribution is 9.10. The smallest absolute Gasteiger partial charge is 0.0742 e. The van der Waals surface area contributed by atoms with Crippen molar-refractivity contribution < 1.29 is 5.11 Å². The fraction of sp³-hybridized carbons (Fsp3) is 0.571. The molecule has 4 heteroatoms. The van der Waals surface area contributed by atoms with Gasteiger partial charge in [-0.1, -0.05) is 12.1 Å². The number of hydrogen-bond donors (Lipinski definition) is 2. The Morgan fingerprint density at radius 2 is 2.17 bits per heavy atom. The van der Waals surface area contributed by atoms with Crippen LogP contribution >= 0.6 is 15.9 Å². The SMILES string of the molecule is CC(C)N1CCC(CO)(Nc2ccccc2Br)C1. The van der Waals surface area contributed by atoms with Crippen molar-refractivity contribution in [3.05, 3.63) is 28.7 Å². The van der Waals surface area contributed by atoms with Gasteiger partial charge >= 0.3 is 0 Å². The Labute approximate surface area is 117 Å². The van der Waals surface area contributed by atoms with Gasteiger partial charge in [-0.05, 0) is 48.3 Å². The van der Waals surface area contributed by atoms with E-state index in [1.807, 2.05) is 24.3 Å². The molecule has 0 spiro atoms. The predicted octanol–water partition coefficient (Wildman–Crippen LogP) is 2.71. The van der Waals surface area contributed by atoms with Crippen LogP contribution in [0.15, 0.2) is 28.7 Å². The Hall–Kier alpha value is -0.580. The Balaban J connectivity index is 2.13. The molecule has 0 aliphatic carbocycles. The number of likely N-dealkylation sites (tertiary alicyclic amines) is 1. The molecule has 1 aromatic carbocycles. The minimum atomic E-state index is -0.214. The molecule has 0 amide bonds. The molecule has 3 nitrogen and oxygen atoms in total. The van der Waals surface area contributed by atoms with Gasteiger partial charge in [0.2, 0.25) is 0 Å². The number of para-hydroxylation sites is 1. The maximum absolute atomic E-state index is 9.76. The lowest BCUT2D eigenvalue weighted by atomic mass is 9.99. The molecule has 0 bridgehead atoms. The van der Waals surface area contributed by atoms with Crippen molar-refractivity contribution in [2.45, 2.75) is 31.8 Å². The lowest BCUT2D eigenvalue weighted by molar-refractivity contribution is 0.196. The number of rotatable bonds is 4. The van der Waals surface area contributed by atoms with Gasteiger partial charge in [0.1, 0.15) is 0 Å². The Morgan fingerprint density at radius 1 is 1.44 bits per heavy atom. The second kappa shape index (κ2) is 5.59. The molecule has 2 N–H and O–H groups in total. The third-order valence-electron chi connectivity index (χ3n) is 3.69. The van der Waals surface area contributed by atoms with Crippen molar-refractivity contribution in [2.24, 2.45) is 0 Å². The van der Waals surface area contributed by atoms with Crippen molar-refractivity contribution in [3.63, 3.8) is 0 Å². The van der Waals surface area contributed by atoms with Gasteiger partial charge in [-0.3, -0.25) is 4.90 Å². The molecule has 1 atom stereocenters. The van der Waals surface area contributed by atoms with Crippen molar-refractivity contribution in [1.29, 1.82) is 0 Å². The first kappa shape index (κ1) is 13.8. The summed E-state index contributed by atoms with van der Waals surface area (Å²) in [6.07, 6.45) is 0.975. The number of nitrogens with zero attached hydrogens (tertiary/aromatic N) is 1. The van der Waals surface area contributed by atoms with Crippen LogP contribution in [0.4, 0.5) is 5.69 Å². The fourth-order valence-electron chi connectivity index (χ4n) is 2.46. The molecule has 1 saturated heterocycles. The van der Waals surface area contributed by atoms with Crippen LogP contribution in [-0.4, -0.2) is 41.3 Å². The Bertz CT molecular complexity index is 411. The van der Waals surface area contributed by atoms with E-state index >= 15 is 0 Å². The second-order valence-electron chi connectivity index (χ2n) is 5.36. The molecule has 1 unspecified atom stereocenters. The normalized spacial score (nSPS) is 24.7. The van der Waals surface area contributed by atoms with E-state index in [9.17, 15) is 5.11 Å². The molecule has 2 rings (SSSR count). The van der Waals surface area contributed by atoms with Gasteiger partial charge in [0.15, 0.2) is 0 Å². The van der Waals surface area contributed by atoms with Crippen molar-refractivity contribution in [1.82, 2.24) is 4.90 Å². The zero-order chi connectivity index (χ0) is 13.2. The molecule has 1 heterocycles. The summed E-state index contributed by atoms with van der Waals surface area (Å²) in [5.41, 5.74) is 0.839. The zero-order valence-electron chi connectivity index (χ0n) is 11.0. The van der Waals surface area contributed by atoms with Crippen LogP contribution in [0.2, 0.25) is 0 Å². The van der Waals surface area contributed by atoms with Crippen LogP contribution in [0.1, 0.15) is 20.3 Å². The highest BCUT2D eigenvalue weighted by atomic mass is 79.9. The summed E-state index contributed by atoms with van der Waals surface area (Å²) in [7, 11) is 0. The zero-order valence-corrected chi connectivity index (χ0v) is 12.6. The van der Waals surface area contributed by atoms with Crippen molar-refractivity contribution >= 4 is 21.6 Å². The van der Waals surface area contributed by atoms with E-state index in [-0.39, 0.29) is 12.1 Å². The van der Waals surface area contributed by atoms with E-state index in [4.69, 9.17) is 0 Å². The van der Waals surface area contributed by atoms with E-state index in [0.717, 1.165) is 29.7 Å². The molecule has 0 aromatic heterocycles. The molecular formula is C14H21BrN2O. The summed E-state index contributed by atoms with van der Waals surface area (Å²) in [5.74, 6) is 0. The average Bonchev–Trinajstić information content (AvgIpc) is 2.77. The monoisotopic (exact) mass is 312 g/mol. The molecule has 1 aromatic rings. The molecule has 100 valence electrons. The first-order valence-electron chi connectivity index (χ1n) is 6.44. The quantitative estimate of drug-likeness (QED) is 0.897. The minimum absolute atomic E-state index is 0.164. The van der Waals surface area contributed by atoms with E-state index in [1.165, 1.54) is 0 Å². The standard InChI is InChI=1S/C14H21BrN2O/c1-11(2)17-8-7-14(9-17,10-18)16-13-6-4-3-5-12(13)15/h3-6,11,16,18H,7-10H2,1-2H3. The van der Waals surface area contributed by atoms with Crippen LogP contribution in [0.5, 0.6) is 0 Å². The summed E-state index contributed by atoms with van der Waals surface area (Å²) in [6, 6.07) is 8.59. The molecule has 1 fully saturated rings. The summed E-state index contributed by atoms with van der Waals surface area (Å²) in [6.45, 7) is 6.49.